The zero-order valence-electron chi connectivity index (χ0n) is 19.0. The molecule has 0 fully saturated rings. The molecule has 0 saturated heterocycles. The summed E-state index contributed by atoms with van der Waals surface area (Å²) in [5, 5.41) is 14.3. The Morgan fingerprint density at radius 1 is 1.00 bits per heavy atom. The van der Waals surface area contributed by atoms with Crippen LogP contribution in [-0.2, 0) is 22.4 Å². The Morgan fingerprint density at radius 3 is 2.32 bits per heavy atom. The lowest BCUT2D eigenvalue weighted by Crippen LogP contribution is -2.42. The van der Waals surface area contributed by atoms with Crippen molar-refractivity contribution in [1.29, 1.82) is 0 Å². The maximum Gasteiger partial charge on any atom is 0.339 e. The number of furan rings is 1. The van der Waals surface area contributed by atoms with Gasteiger partial charge >= 0.3 is 11.6 Å². The first-order valence-corrected chi connectivity index (χ1v) is 11.2. The molecule has 0 bridgehead atoms. The van der Waals surface area contributed by atoms with Gasteiger partial charge in [-0.3, -0.25) is 4.79 Å². The number of benzene rings is 2. The minimum absolute atomic E-state index is 0.0480. The fourth-order valence-electron chi connectivity index (χ4n) is 4.08. The summed E-state index contributed by atoms with van der Waals surface area (Å²) in [6.45, 7) is 5.67. The number of rotatable bonds is 7. The lowest BCUT2D eigenvalue weighted by Gasteiger charge is -2.15. The summed E-state index contributed by atoms with van der Waals surface area (Å²) in [5.41, 5.74) is 3.43. The van der Waals surface area contributed by atoms with E-state index in [4.69, 9.17) is 20.4 Å². The van der Waals surface area contributed by atoms with Crippen LogP contribution >= 0.6 is 11.6 Å². The van der Waals surface area contributed by atoms with Gasteiger partial charge in [-0.15, -0.1) is 0 Å². The molecule has 4 rings (SSSR count). The van der Waals surface area contributed by atoms with Crippen LogP contribution in [0.2, 0.25) is 5.02 Å². The van der Waals surface area contributed by atoms with Gasteiger partial charge in [0.15, 0.2) is 0 Å². The Labute approximate surface area is 200 Å². The maximum atomic E-state index is 12.6. The van der Waals surface area contributed by atoms with Crippen molar-refractivity contribution in [3.8, 4) is 0 Å². The summed E-state index contributed by atoms with van der Waals surface area (Å²) in [4.78, 5) is 36.8. The summed E-state index contributed by atoms with van der Waals surface area (Å²) in [6.07, 6.45) is 0.201. The Morgan fingerprint density at radius 2 is 1.65 bits per heavy atom. The molecule has 1 atom stereocenters. The molecule has 2 heterocycles. The van der Waals surface area contributed by atoms with Crippen LogP contribution in [0.3, 0.4) is 0 Å². The smallest absolute Gasteiger partial charge is 0.339 e. The van der Waals surface area contributed by atoms with Gasteiger partial charge in [0, 0.05) is 40.3 Å². The van der Waals surface area contributed by atoms with Gasteiger partial charge in [0.25, 0.3) is 0 Å². The number of nitrogens with one attached hydrogen (secondary N) is 1. The highest BCUT2D eigenvalue weighted by atomic mass is 35.5. The number of aryl methyl sites for hydroxylation is 3. The van der Waals surface area contributed by atoms with Gasteiger partial charge in [-0.25, -0.2) is 9.59 Å². The van der Waals surface area contributed by atoms with E-state index in [-0.39, 0.29) is 19.3 Å². The van der Waals surface area contributed by atoms with Crippen LogP contribution in [0, 0.1) is 20.8 Å². The average molecular weight is 482 g/mol. The molecule has 34 heavy (non-hydrogen) atoms. The third-order valence-corrected chi connectivity index (χ3v) is 6.42. The van der Waals surface area contributed by atoms with Crippen molar-refractivity contribution in [2.75, 3.05) is 0 Å². The normalized spacial score (nSPS) is 12.2. The van der Waals surface area contributed by atoms with Crippen LogP contribution in [0.4, 0.5) is 0 Å². The average Bonchev–Trinajstić information content (AvgIpc) is 3.06. The van der Waals surface area contributed by atoms with E-state index in [1.165, 1.54) is 0 Å². The lowest BCUT2D eigenvalue weighted by atomic mass is 10.00. The minimum Gasteiger partial charge on any atom is -0.480 e. The van der Waals surface area contributed by atoms with Gasteiger partial charge in [0.1, 0.15) is 23.0 Å². The summed E-state index contributed by atoms with van der Waals surface area (Å²) in [5.74, 6) is -0.801. The van der Waals surface area contributed by atoms with E-state index in [1.54, 1.807) is 30.3 Å². The second-order valence-electron chi connectivity index (χ2n) is 8.41. The number of aliphatic carboxylic acids is 1. The lowest BCUT2D eigenvalue weighted by molar-refractivity contribution is -0.141. The Hall–Kier alpha value is -3.58. The Kier molecular flexibility index (Phi) is 6.48. The number of carboxylic acid groups (broad SMARTS) is 1. The molecule has 8 heteroatoms. The molecule has 176 valence electrons. The molecule has 2 N–H and O–H groups in total. The molecule has 0 radical (unpaired) electrons. The van der Waals surface area contributed by atoms with Crippen LogP contribution in [0.25, 0.3) is 21.9 Å². The predicted octanol–water partition coefficient (Wildman–Crippen LogP) is 4.86. The molecule has 7 nitrogen and oxygen atoms in total. The summed E-state index contributed by atoms with van der Waals surface area (Å²) >= 11 is 5.87. The standard InChI is InChI=1S/C26H24ClNO6/c1-13-15(3)33-22-12-23-20(11-19(13)22)14(2)18(26(32)34-23)8-9-24(29)28-21(25(30)31)10-16-4-6-17(27)7-5-16/h4-7,11-12,21H,8-10H2,1-3H3,(H,28,29)(H,30,31). The molecule has 0 saturated carbocycles. The molecule has 1 amide bonds. The highest BCUT2D eigenvalue weighted by Crippen LogP contribution is 2.31. The first kappa shape index (κ1) is 23.6. The van der Waals surface area contributed by atoms with E-state index in [9.17, 15) is 19.5 Å². The topological polar surface area (TPSA) is 110 Å². The molecule has 4 aromatic rings. The van der Waals surface area contributed by atoms with Crippen molar-refractivity contribution < 1.29 is 23.5 Å². The van der Waals surface area contributed by atoms with Gasteiger partial charge in [-0.05, 0) is 62.1 Å². The van der Waals surface area contributed by atoms with Crippen LogP contribution in [-0.4, -0.2) is 23.0 Å². The number of hydrogen-bond acceptors (Lipinski definition) is 5. The van der Waals surface area contributed by atoms with Crippen LogP contribution in [0.1, 0.15) is 34.4 Å². The maximum absolute atomic E-state index is 12.6. The van der Waals surface area contributed by atoms with E-state index in [2.05, 4.69) is 5.32 Å². The number of carbonyl (C=O) groups excluding carboxylic acids is 1. The highest BCUT2D eigenvalue weighted by molar-refractivity contribution is 6.30. The number of carbonyl (C=O) groups is 2. The van der Waals surface area contributed by atoms with Crippen molar-refractivity contribution in [2.45, 2.75) is 46.1 Å². The van der Waals surface area contributed by atoms with E-state index >= 15 is 0 Å². The highest BCUT2D eigenvalue weighted by Gasteiger charge is 2.21. The number of halogens is 1. The largest absolute Gasteiger partial charge is 0.480 e. The first-order chi connectivity index (χ1) is 16.1. The molecule has 2 aromatic carbocycles. The number of hydrogen-bond donors (Lipinski definition) is 2. The summed E-state index contributed by atoms with van der Waals surface area (Å²) < 4.78 is 11.2. The van der Waals surface area contributed by atoms with Crippen molar-refractivity contribution in [1.82, 2.24) is 5.32 Å². The van der Waals surface area contributed by atoms with E-state index < -0.39 is 23.5 Å². The van der Waals surface area contributed by atoms with E-state index in [0.29, 0.717) is 21.8 Å². The Bertz CT molecular complexity index is 1470. The van der Waals surface area contributed by atoms with Gasteiger partial charge in [-0.2, -0.15) is 0 Å². The number of fused-ring (bicyclic) bond motifs is 2. The zero-order valence-corrected chi connectivity index (χ0v) is 19.8. The number of carboxylic acids is 1. The van der Waals surface area contributed by atoms with E-state index in [1.807, 2.05) is 26.8 Å². The van der Waals surface area contributed by atoms with Gasteiger partial charge in [0.05, 0.1) is 0 Å². The molecular weight excluding hydrogens is 458 g/mol. The second kappa shape index (κ2) is 9.35. The first-order valence-electron chi connectivity index (χ1n) is 10.9. The molecule has 2 aromatic heterocycles. The zero-order chi connectivity index (χ0) is 24.6. The van der Waals surface area contributed by atoms with Gasteiger partial charge in [-0.1, -0.05) is 23.7 Å². The van der Waals surface area contributed by atoms with Crippen LogP contribution < -0.4 is 10.9 Å². The van der Waals surface area contributed by atoms with Gasteiger partial charge in [0.2, 0.25) is 5.91 Å². The summed E-state index contributed by atoms with van der Waals surface area (Å²) in [6, 6.07) is 9.32. The molecular formula is C26H24ClNO6. The SMILES string of the molecule is Cc1oc2cc3oc(=O)c(CCC(=O)NC(Cc4ccc(Cl)cc4)C(=O)O)c(C)c3cc2c1C. The second-order valence-corrected chi connectivity index (χ2v) is 8.85. The van der Waals surface area contributed by atoms with Crippen molar-refractivity contribution in [2.24, 2.45) is 0 Å². The molecule has 0 spiro atoms. The monoisotopic (exact) mass is 481 g/mol. The fraction of sp³-hybridized carbons (Fsp3) is 0.269. The molecule has 0 aliphatic carbocycles. The van der Waals surface area contributed by atoms with Crippen LogP contribution in [0.5, 0.6) is 0 Å². The minimum atomic E-state index is -1.14. The quantitative estimate of drug-likeness (QED) is 0.365. The predicted molar refractivity (Wildman–Crippen MR) is 130 cm³/mol. The van der Waals surface area contributed by atoms with E-state index in [0.717, 1.165) is 33.2 Å². The number of amides is 1. The third-order valence-electron chi connectivity index (χ3n) is 6.17. The molecule has 0 aliphatic rings. The Balaban J connectivity index is 1.52. The van der Waals surface area contributed by atoms with Crippen molar-refractivity contribution in [3.05, 3.63) is 79.9 Å². The summed E-state index contributed by atoms with van der Waals surface area (Å²) in [7, 11) is 0. The van der Waals surface area contributed by atoms with Gasteiger partial charge < -0.3 is 19.3 Å². The van der Waals surface area contributed by atoms with Crippen molar-refractivity contribution in [3.63, 3.8) is 0 Å². The van der Waals surface area contributed by atoms with Crippen molar-refractivity contribution >= 4 is 45.4 Å². The third kappa shape index (κ3) is 4.70. The molecule has 1 unspecified atom stereocenters. The molecule has 0 aliphatic heterocycles. The van der Waals surface area contributed by atoms with Crippen LogP contribution in [0.15, 0.2) is 50.0 Å². The fourth-order valence-corrected chi connectivity index (χ4v) is 4.20.